The number of hydrogen-bond donors (Lipinski definition) is 1. The van der Waals surface area contributed by atoms with Crippen LogP contribution in [0.15, 0.2) is 115 Å². The summed E-state index contributed by atoms with van der Waals surface area (Å²) < 4.78 is 0. The molecule has 0 amide bonds. The predicted octanol–water partition coefficient (Wildman–Crippen LogP) is 10.8. The van der Waals surface area contributed by atoms with E-state index in [1.807, 2.05) is 12.1 Å². The number of rotatable bonds is 2. The highest BCUT2D eigenvalue weighted by molar-refractivity contribution is 5.86. The molecule has 210 valence electrons. The van der Waals surface area contributed by atoms with E-state index >= 15 is 0 Å². The minimum atomic E-state index is 0.314. The maximum Gasteiger partial charge on any atom is 0.115 e. The summed E-state index contributed by atoms with van der Waals surface area (Å²) in [5.74, 6) is 0.314. The molecule has 2 aliphatic rings. The Kier molecular flexibility index (Phi) is 6.75. The Bertz CT molecular complexity index is 1980. The van der Waals surface area contributed by atoms with Crippen LogP contribution in [0.4, 0.5) is 0 Å². The Hall–Kier alpha value is -4.88. The molecule has 0 atom stereocenters. The first kappa shape index (κ1) is 27.0. The highest BCUT2D eigenvalue weighted by atomic mass is 16.3. The topological polar surface area (TPSA) is 20.2 Å². The molecule has 2 aliphatic carbocycles. The summed E-state index contributed by atoms with van der Waals surface area (Å²) in [6.45, 7) is 8.62. The highest BCUT2D eigenvalue weighted by Crippen LogP contribution is 2.43. The fraction of sp³-hybridized carbons (Fsp3) is 0.143. The Balaban J connectivity index is 0.000000168. The number of phenolic OH excluding ortho intramolecular Hbond substituents is 1. The molecule has 0 fully saturated rings. The molecule has 0 heterocycles. The Morgan fingerprint density at radius 3 is 1.70 bits per heavy atom. The van der Waals surface area contributed by atoms with Gasteiger partial charge >= 0.3 is 0 Å². The third-order valence-electron chi connectivity index (χ3n) is 9.36. The Morgan fingerprint density at radius 1 is 0.395 bits per heavy atom. The van der Waals surface area contributed by atoms with Gasteiger partial charge in [-0.15, -0.1) is 0 Å². The van der Waals surface area contributed by atoms with E-state index in [0.717, 1.165) is 18.4 Å². The lowest BCUT2D eigenvalue weighted by atomic mass is 9.90. The smallest absolute Gasteiger partial charge is 0.115 e. The van der Waals surface area contributed by atoms with Crippen LogP contribution in [0.5, 0.6) is 5.75 Å². The molecule has 0 aliphatic heterocycles. The van der Waals surface area contributed by atoms with E-state index in [1.54, 1.807) is 6.07 Å². The molecule has 6 aromatic rings. The second-order valence-electron chi connectivity index (χ2n) is 12.1. The molecule has 0 aromatic heterocycles. The van der Waals surface area contributed by atoms with Crippen LogP contribution in [0.2, 0.25) is 0 Å². The average Bonchev–Trinajstić information content (AvgIpc) is 3.59. The SMILES string of the molecule is Cc1cc(O)ccc1-c1cc(-c2cccc3c2Cc2ccccc2-3)ccc1C.Cc1cccc2c1Cc1c(C)cccc1-2. The van der Waals surface area contributed by atoms with Crippen molar-refractivity contribution in [2.24, 2.45) is 0 Å². The molecule has 43 heavy (non-hydrogen) atoms. The summed E-state index contributed by atoms with van der Waals surface area (Å²) in [5, 5.41) is 9.78. The third kappa shape index (κ3) is 4.76. The first-order valence-corrected chi connectivity index (χ1v) is 15.2. The second kappa shape index (κ2) is 10.7. The van der Waals surface area contributed by atoms with Crippen LogP contribution < -0.4 is 0 Å². The van der Waals surface area contributed by atoms with Crippen LogP contribution in [-0.2, 0) is 12.8 Å². The average molecular weight is 557 g/mol. The molecule has 0 saturated heterocycles. The quantitative estimate of drug-likeness (QED) is 0.224. The molecule has 8 rings (SSSR count). The van der Waals surface area contributed by atoms with E-state index in [0.29, 0.717) is 5.75 Å². The molecule has 0 unspecified atom stereocenters. The van der Waals surface area contributed by atoms with Gasteiger partial charge in [-0.3, -0.25) is 0 Å². The van der Waals surface area contributed by atoms with Crippen molar-refractivity contribution >= 4 is 0 Å². The number of hydrogen-bond acceptors (Lipinski definition) is 1. The molecule has 0 spiro atoms. The van der Waals surface area contributed by atoms with Gasteiger partial charge in [-0.1, -0.05) is 97.1 Å². The first-order valence-electron chi connectivity index (χ1n) is 15.2. The number of aryl methyl sites for hydroxylation is 4. The van der Waals surface area contributed by atoms with E-state index < -0.39 is 0 Å². The fourth-order valence-corrected chi connectivity index (χ4v) is 7.01. The molecular formula is C42H36O. The summed E-state index contributed by atoms with van der Waals surface area (Å²) >= 11 is 0. The zero-order valence-corrected chi connectivity index (χ0v) is 25.3. The molecule has 6 aromatic carbocycles. The van der Waals surface area contributed by atoms with Crippen molar-refractivity contribution in [1.82, 2.24) is 0 Å². The minimum Gasteiger partial charge on any atom is -0.508 e. The van der Waals surface area contributed by atoms with Crippen molar-refractivity contribution in [2.45, 2.75) is 40.5 Å². The van der Waals surface area contributed by atoms with Crippen molar-refractivity contribution in [3.05, 3.63) is 160 Å². The molecule has 0 saturated carbocycles. The predicted molar refractivity (Wildman–Crippen MR) is 181 cm³/mol. The second-order valence-corrected chi connectivity index (χ2v) is 12.1. The molecule has 1 nitrogen and oxygen atoms in total. The van der Waals surface area contributed by atoms with Gasteiger partial charge in [0.15, 0.2) is 0 Å². The number of benzene rings is 6. The van der Waals surface area contributed by atoms with Crippen molar-refractivity contribution in [3.63, 3.8) is 0 Å². The lowest BCUT2D eigenvalue weighted by molar-refractivity contribution is 0.475. The zero-order valence-electron chi connectivity index (χ0n) is 25.3. The number of aromatic hydroxyl groups is 1. The van der Waals surface area contributed by atoms with Crippen LogP contribution in [0.25, 0.3) is 44.5 Å². The van der Waals surface area contributed by atoms with Gasteiger partial charge in [0.25, 0.3) is 0 Å². The minimum absolute atomic E-state index is 0.314. The molecule has 0 bridgehead atoms. The Labute approximate surface area is 255 Å². The van der Waals surface area contributed by atoms with Crippen LogP contribution in [0.3, 0.4) is 0 Å². The van der Waals surface area contributed by atoms with Crippen molar-refractivity contribution in [2.75, 3.05) is 0 Å². The maximum atomic E-state index is 9.78. The lowest BCUT2D eigenvalue weighted by Crippen LogP contribution is -1.91. The van der Waals surface area contributed by atoms with E-state index in [4.69, 9.17) is 0 Å². The van der Waals surface area contributed by atoms with Crippen LogP contribution in [0.1, 0.15) is 44.5 Å². The van der Waals surface area contributed by atoms with Gasteiger partial charge in [-0.25, -0.2) is 0 Å². The van der Waals surface area contributed by atoms with Crippen LogP contribution in [0, 0.1) is 27.7 Å². The largest absolute Gasteiger partial charge is 0.508 e. The van der Waals surface area contributed by atoms with Gasteiger partial charge in [0.1, 0.15) is 5.75 Å². The summed E-state index contributed by atoms with van der Waals surface area (Å²) in [6, 6.07) is 40.9. The van der Waals surface area contributed by atoms with Crippen LogP contribution in [-0.4, -0.2) is 5.11 Å². The van der Waals surface area contributed by atoms with E-state index in [-0.39, 0.29) is 0 Å². The van der Waals surface area contributed by atoms with E-state index in [2.05, 4.69) is 125 Å². The Morgan fingerprint density at radius 2 is 1.00 bits per heavy atom. The summed E-state index contributed by atoms with van der Waals surface area (Å²) in [7, 11) is 0. The highest BCUT2D eigenvalue weighted by Gasteiger charge is 2.22. The van der Waals surface area contributed by atoms with Gasteiger partial charge in [0.05, 0.1) is 0 Å². The fourth-order valence-electron chi connectivity index (χ4n) is 7.01. The van der Waals surface area contributed by atoms with E-state index in [9.17, 15) is 5.11 Å². The number of fused-ring (bicyclic) bond motifs is 6. The molecule has 1 heteroatoms. The van der Waals surface area contributed by atoms with Gasteiger partial charge < -0.3 is 5.11 Å². The monoisotopic (exact) mass is 556 g/mol. The molecule has 1 N–H and O–H groups in total. The molecular weight excluding hydrogens is 520 g/mol. The van der Waals surface area contributed by atoms with Gasteiger partial charge in [0.2, 0.25) is 0 Å². The maximum absolute atomic E-state index is 9.78. The summed E-state index contributed by atoms with van der Waals surface area (Å²) in [6.07, 6.45) is 2.10. The van der Waals surface area contributed by atoms with Crippen molar-refractivity contribution in [1.29, 1.82) is 0 Å². The third-order valence-corrected chi connectivity index (χ3v) is 9.36. The molecule has 0 radical (unpaired) electrons. The summed E-state index contributed by atoms with van der Waals surface area (Å²) in [4.78, 5) is 0. The zero-order chi connectivity index (χ0) is 29.7. The van der Waals surface area contributed by atoms with E-state index in [1.165, 1.54) is 83.5 Å². The summed E-state index contributed by atoms with van der Waals surface area (Å²) in [5.41, 5.74) is 21.6. The first-order chi connectivity index (χ1) is 20.9. The standard InChI is InChI=1S/C27H22O.C15H14/c1-17-10-11-20(15-26(17)22-13-12-21(28)14-18(22)2)24-8-5-9-25-23-7-4-3-6-19(23)16-27(24)25;1-10-5-3-7-12-13-8-4-6-11(2)15(13)9-14(10)12/h3-15,28H,16H2,1-2H3;3-8H,9H2,1-2H3. The lowest BCUT2D eigenvalue weighted by Gasteiger charge is -2.14. The van der Waals surface area contributed by atoms with Gasteiger partial charge in [-0.05, 0) is 148 Å². The van der Waals surface area contributed by atoms with Crippen molar-refractivity contribution < 1.29 is 5.11 Å². The van der Waals surface area contributed by atoms with Crippen LogP contribution >= 0.6 is 0 Å². The van der Waals surface area contributed by atoms with Crippen molar-refractivity contribution in [3.8, 4) is 50.3 Å². The normalized spacial score (nSPS) is 12.1. The van der Waals surface area contributed by atoms with Gasteiger partial charge in [0, 0.05) is 0 Å². The van der Waals surface area contributed by atoms with Gasteiger partial charge in [-0.2, -0.15) is 0 Å². The number of phenols is 1.